The van der Waals surface area contributed by atoms with Gasteiger partial charge in [0.1, 0.15) is 5.69 Å². The van der Waals surface area contributed by atoms with E-state index in [9.17, 15) is 4.79 Å². The van der Waals surface area contributed by atoms with Crippen molar-refractivity contribution in [2.24, 2.45) is 0 Å². The smallest absolute Gasteiger partial charge is 0.361 e. The van der Waals surface area contributed by atoms with Gasteiger partial charge in [-0.2, -0.15) is 19.6 Å². The lowest BCUT2D eigenvalue weighted by molar-refractivity contribution is 0.0520. The monoisotopic (exact) mass is 425 g/mol. The SMILES string of the molecule is CCOC(=O)c1nnn(-c2nc(OCC)nc(N3CCOCC3)n2)c1-c1ccccc1. The van der Waals surface area contributed by atoms with E-state index in [4.69, 9.17) is 14.2 Å². The number of nitrogens with zero attached hydrogens (tertiary/aromatic N) is 7. The molecule has 1 aliphatic rings. The van der Waals surface area contributed by atoms with Gasteiger partial charge in [-0.1, -0.05) is 35.5 Å². The Kier molecular flexibility index (Phi) is 6.32. The maximum Gasteiger partial charge on any atom is 0.361 e. The van der Waals surface area contributed by atoms with Crippen molar-refractivity contribution in [3.05, 3.63) is 36.0 Å². The molecule has 0 unspecified atom stereocenters. The van der Waals surface area contributed by atoms with Crippen LogP contribution in [0.1, 0.15) is 24.3 Å². The number of carbonyl (C=O) groups excluding carboxylic acids is 1. The van der Waals surface area contributed by atoms with Crippen LogP contribution >= 0.6 is 0 Å². The number of morpholine rings is 1. The van der Waals surface area contributed by atoms with Crippen LogP contribution in [0.15, 0.2) is 30.3 Å². The van der Waals surface area contributed by atoms with E-state index in [0.717, 1.165) is 5.56 Å². The third-order valence-corrected chi connectivity index (χ3v) is 4.53. The van der Waals surface area contributed by atoms with E-state index in [1.165, 1.54) is 4.68 Å². The van der Waals surface area contributed by atoms with Gasteiger partial charge in [0.25, 0.3) is 5.95 Å². The number of carbonyl (C=O) groups is 1. The fourth-order valence-corrected chi connectivity index (χ4v) is 3.14. The molecule has 0 spiro atoms. The lowest BCUT2D eigenvalue weighted by Gasteiger charge is -2.26. The molecule has 1 fully saturated rings. The molecule has 1 saturated heterocycles. The minimum atomic E-state index is -0.569. The van der Waals surface area contributed by atoms with Gasteiger partial charge in [0.05, 0.1) is 26.4 Å². The summed E-state index contributed by atoms with van der Waals surface area (Å²) >= 11 is 0. The zero-order valence-corrected chi connectivity index (χ0v) is 17.4. The molecule has 11 nitrogen and oxygen atoms in total. The Balaban J connectivity index is 1.85. The topological polar surface area (TPSA) is 117 Å². The van der Waals surface area contributed by atoms with Crippen LogP contribution < -0.4 is 9.64 Å². The minimum absolute atomic E-state index is 0.0827. The van der Waals surface area contributed by atoms with Gasteiger partial charge in [-0.25, -0.2) is 4.79 Å². The Hall–Kier alpha value is -3.60. The van der Waals surface area contributed by atoms with Crippen molar-refractivity contribution in [1.82, 2.24) is 29.9 Å². The first-order valence-corrected chi connectivity index (χ1v) is 10.1. The number of esters is 1. The Morgan fingerprint density at radius 2 is 1.77 bits per heavy atom. The van der Waals surface area contributed by atoms with Crippen LogP contribution in [0.4, 0.5) is 5.95 Å². The van der Waals surface area contributed by atoms with E-state index in [2.05, 4.69) is 25.3 Å². The van der Waals surface area contributed by atoms with E-state index in [1.54, 1.807) is 6.92 Å². The molecule has 1 aliphatic heterocycles. The van der Waals surface area contributed by atoms with Crippen LogP contribution in [-0.2, 0) is 9.47 Å². The number of benzene rings is 1. The summed E-state index contributed by atoms with van der Waals surface area (Å²) in [5.41, 5.74) is 1.24. The van der Waals surface area contributed by atoms with Crippen LogP contribution in [0, 0.1) is 0 Å². The van der Waals surface area contributed by atoms with Gasteiger partial charge in [-0.3, -0.25) is 0 Å². The molecule has 0 atom stereocenters. The summed E-state index contributed by atoms with van der Waals surface area (Å²) in [6, 6.07) is 9.48. The number of rotatable bonds is 7. The predicted octanol–water partition coefficient (Wildman–Crippen LogP) is 1.53. The van der Waals surface area contributed by atoms with Gasteiger partial charge in [0.2, 0.25) is 5.95 Å². The van der Waals surface area contributed by atoms with E-state index in [-0.39, 0.29) is 24.3 Å². The van der Waals surface area contributed by atoms with Crippen LogP contribution in [0.25, 0.3) is 17.2 Å². The highest BCUT2D eigenvalue weighted by atomic mass is 16.5. The average molecular weight is 425 g/mol. The zero-order chi connectivity index (χ0) is 21.6. The zero-order valence-electron chi connectivity index (χ0n) is 17.4. The van der Waals surface area contributed by atoms with Crippen LogP contribution in [0.2, 0.25) is 0 Å². The summed E-state index contributed by atoms with van der Waals surface area (Å²) in [7, 11) is 0. The fourth-order valence-electron chi connectivity index (χ4n) is 3.14. The predicted molar refractivity (Wildman–Crippen MR) is 110 cm³/mol. The Bertz CT molecular complexity index is 1040. The summed E-state index contributed by atoms with van der Waals surface area (Å²) in [5.74, 6) is 0.0749. The average Bonchev–Trinajstić information content (AvgIpc) is 3.26. The fraction of sp³-hybridized carbons (Fsp3) is 0.400. The van der Waals surface area contributed by atoms with Crippen LogP contribution in [0.5, 0.6) is 6.01 Å². The van der Waals surface area contributed by atoms with Gasteiger partial charge < -0.3 is 19.1 Å². The highest BCUT2D eigenvalue weighted by Gasteiger charge is 2.26. The molecule has 3 heterocycles. The van der Waals surface area contributed by atoms with E-state index < -0.39 is 5.97 Å². The molecule has 3 aromatic rings. The molecule has 2 aromatic heterocycles. The standard InChI is InChI=1S/C20H23N7O4/c1-3-30-17(28)15-16(14-8-6-5-7-9-14)27(25-24-15)19-21-18(22-20(23-19)31-4-2)26-10-12-29-13-11-26/h5-9H,3-4,10-13H2,1-2H3. The molecule has 0 aliphatic carbocycles. The molecule has 31 heavy (non-hydrogen) atoms. The van der Waals surface area contributed by atoms with Crippen molar-refractivity contribution in [2.45, 2.75) is 13.8 Å². The number of ether oxygens (including phenoxy) is 3. The second kappa shape index (κ2) is 9.47. The van der Waals surface area contributed by atoms with E-state index in [1.807, 2.05) is 42.2 Å². The van der Waals surface area contributed by atoms with Gasteiger partial charge in [0.15, 0.2) is 5.69 Å². The summed E-state index contributed by atoms with van der Waals surface area (Å²) in [5, 5.41) is 8.24. The highest BCUT2D eigenvalue weighted by Crippen LogP contribution is 2.26. The maximum absolute atomic E-state index is 12.5. The first-order valence-electron chi connectivity index (χ1n) is 10.1. The molecular formula is C20H23N7O4. The largest absolute Gasteiger partial charge is 0.464 e. The van der Waals surface area contributed by atoms with Crippen molar-refractivity contribution in [3.63, 3.8) is 0 Å². The quantitative estimate of drug-likeness (QED) is 0.516. The molecule has 0 saturated carbocycles. The molecule has 0 bridgehead atoms. The van der Waals surface area contributed by atoms with Crippen molar-refractivity contribution in [2.75, 3.05) is 44.4 Å². The Morgan fingerprint density at radius 1 is 1.03 bits per heavy atom. The second-order valence-electron chi connectivity index (χ2n) is 6.54. The summed E-state index contributed by atoms with van der Waals surface area (Å²) in [6.45, 7) is 6.65. The lowest BCUT2D eigenvalue weighted by atomic mass is 10.1. The first-order chi connectivity index (χ1) is 15.2. The van der Waals surface area contributed by atoms with Crippen LogP contribution in [0.3, 0.4) is 0 Å². The first kappa shape index (κ1) is 20.7. The van der Waals surface area contributed by atoms with Crippen molar-refractivity contribution in [1.29, 1.82) is 0 Å². The Morgan fingerprint density at radius 3 is 2.48 bits per heavy atom. The normalized spacial score (nSPS) is 13.8. The third-order valence-electron chi connectivity index (χ3n) is 4.53. The van der Waals surface area contributed by atoms with Gasteiger partial charge in [-0.15, -0.1) is 5.10 Å². The molecule has 0 amide bonds. The molecule has 0 N–H and O–H groups in total. The number of hydrogen-bond acceptors (Lipinski definition) is 10. The van der Waals surface area contributed by atoms with Crippen molar-refractivity contribution >= 4 is 11.9 Å². The van der Waals surface area contributed by atoms with Crippen molar-refractivity contribution < 1.29 is 19.0 Å². The summed E-state index contributed by atoms with van der Waals surface area (Å²) in [4.78, 5) is 27.9. The van der Waals surface area contributed by atoms with Gasteiger partial charge in [-0.05, 0) is 13.8 Å². The van der Waals surface area contributed by atoms with Gasteiger partial charge >= 0.3 is 12.0 Å². The molecule has 0 radical (unpaired) electrons. The highest BCUT2D eigenvalue weighted by molar-refractivity contribution is 5.94. The third kappa shape index (κ3) is 4.45. The molecule has 1 aromatic carbocycles. The Labute approximate surface area is 179 Å². The van der Waals surface area contributed by atoms with Crippen LogP contribution in [-0.4, -0.2) is 75.4 Å². The molecule has 162 valence electrons. The van der Waals surface area contributed by atoms with E-state index >= 15 is 0 Å². The summed E-state index contributed by atoms with van der Waals surface area (Å²) in [6.07, 6.45) is 0. The maximum atomic E-state index is 12.5. The number of aromatic nitrogens is 6. The lowest BCUT2D eigenvalue weighted by Crippen LogP contribution is -2.37. The second-order valence-corrected chi connectivity index (χ2v) is 6.54. The number of anilines is 1. The minimum Gasteiger partial charge on any atom is -0.464 e. The molecular weight excluding hydrogens is 402 g/mol. The van der Waals surface area contributed by atoms with Crippen molar-refractivity contribution in [3.8, 4) is 23.2 Å². The molecule has 11 heteroatoms. The summed E-state index contributed by atoms with van der Waals surface area (Å²) < 4.78 is 17.6. The van der Waals surface area contributed by atoms with Gasteiger partial charge in [0, 0.05) is 18.7 Å². The molecule has 4 rings (SSSR count). The van der Waals surface area contributed by atoms with E-state index in [0.29, 0.717) is 44.6 Å². The number of hydrogen-bond donors (Lipinski definition) is 0.